The van der Waals surface area contributed by atoms with Crippen molar-refractivity contribution in [3.05, 3.63) is 23.8 Å². The van der Waals surface area contributed by atoms with Crippen molar-refractivity contribution in [1.82, 2.24) is 0 Å². The predicted octanol–water partition coefficient (Wildman–Crippen LogP) is 2.82. The van der Waals surface area contributed by atoms with E-state index in [0.29, 0.717) is 0 Å². The number of ether oxygens (including phenoxy) is 1. The van der Waals surface area contributed by atoms with Gasteiger partial charge in [0, 0.05) is 0 Å². The zero-order chi connectivity index (χ0) is 12.1. The number of nitrogens with zero attached hydrogens (tertiary/aromatic N) is 1. The Morgan fingerprint density at radius 2 is 2.25 bits per heavy atom. The number of aliphatic imine (C=N–C) groups is 1. The third-order valence-corrected chi connectivity index (χ3v) is 2.01. The molecule has 0 aromatic heterocycles. The zero-order valence-electron chi connectivity index (χ0n) is 8.58. The first-order valence-corrected chi connectivity index (χ1v) is 5.01. The quantitative estimate of drug-likeness (QED) is 0.506. The van der Waals surface area contributed by atoms with Crippen molar-refractivity contribution in [2.75, 3.05) is 5.88 Å². The molecule has 0 atom stereocenters. The Hall–Kier alpha value is -1.36. The summed E-state index contributed by atoms with van der Waals surface area (Å²) in [5.74, 6) is 0.162. The van der Waals surface area contributed by atoms with E-state index in [9.17, 15) is 8.78 Å². The van der Waals surface area contributed by atoms with Gasteiger partial charge in [0.05, 0.1) is 5.88 Å². The molecule has 2 N–H and O–H groups in total. The van der Waals surface area contributed by atoms with Gasteiger partial charge in [-0.25, -0.2) is 4.99 Å². The SMILES string of the molecule is Cc1ccc(N=C(N)CCl)c(OC(F)F)c1. The van der Waals surface area contributed by atoms with Crippen molar-refractivity contribution < 1.29 is 13.5 Å². The zero-order valence-corrected chi connectivity index (χ0v) is 9.34. The first-order valence-electron chi connectivity index (χ1n) is 4.47. The summed E-state index contributed by atoms with van der Waals surface area (Å²) < 4.78 is 28.6. The summed E-state index contributed by atoms with van der Waals surface area (Å²) in [6.07, 6.45) is 0. The second-order valence-corrected chi connectivity index (χ2v) is 3.35. The third kappa shape index (κ3) is 3.66. The fraction of sp³-hybridized carbons (Fsp3) is 0.300. The summed E-state index contributed by atoms with van der Waals surface area (Å²) in [4.78, 5) is 3.88. The van der Waals surface area contributed by atoms with Crippen LogP contribution < -0.4 is 10.5 Å². The van der Waals surface area contributed by atoms with Crippen LogP contribution in [-0.2, 0) is 0 Å². The number of benzene rings is 1. The minimum absolute atomic E-state index is 0.0110. The van der Waals surface area contributed by atoms with Crippen LogP contribution in [0.15, 0.2) is 23.2 Å². The summed E-state index contributed by atoms with van der Waals surface area (Å²) in [5, 5.41) is 0. The van der Waals surface area contributed by atoms with Crippen LogP contribution in [0.5, 0.6) is 5.75 Å². The summed E-state index contributed by atoms with van der Waals surface area (Å²) in [5.41, 5.74) is 6.45. The first-order chi connectivity index (χ1) is 7.52. The van der Waals surface area contributed by atoms with E-state index in [-0.39, 0.29) is 23.2 Å². The summed E-state index contributed by atoms with van der Waals surface area (Å²) in [6, 6.07) is 4.73. The van der Waals surface area contributed by atoms with Gasteiger partial charge in [-0.15, -0.1) is 11.6 Å². The molecule has 16 heavy (non-hydrogen) atoms. The van der Waals surface area contributed by atoms with Gasteiger partial charge in [-0.2, -0.15) is 8.78 Å². The average Bonchev–Trinajstić information content (AvgIpc) is 2.21. The number of halogens is 3. The molecule has 88 valence electrons. The van der Waals surface area contributed by atoms with Crippen molar-refractivity contribution in [1.29, 1.82) is 0 Å². The second kappa shape index (κ2) is 5.65. The molecule has 0 heterocycles. The van der Waals surface area contributed by atoms with Gasteiger partial charge >= 0.3 is 6.61 Å². The predicted molar refractivity (Wildman–Crippen MR) is 59.8 cm³/mol. The maximum Gasteiger partial charge on any atom is 0.387 e. The highest BCUT2D eigenvalue weighted by Crippen LogP contribution is 2.29. The standard InChI is InChI=1S/C10H11ClF2N2O/c1-6-2-3-7(15-9(14)5-11)8(4-6)16-10(12)13/h2-4,10H,5H2,1H3,(H2,14,15). The molecule has 0 saturated carbocycles. The number of rotatable bonds is 4. The van der Waals surface area contributed by atoms with E-state index < -0.39 is 6.61 Å². The van der Waals surface area contributed by atoms with Crippen molar-refractivity contribution in [2.24, 2.45) is 10.7 Å². The fourth-order valence-electron chi connectivity index (χ4n) is 1.09. The molecule has 6 heteroatoms. The summed E-state index contributed by atoms with van der Waals surface area (Å²) >= 11 is 5.45. The molecular weight excluding hydrogens is 238 g/mol. The van der Waals surface area contributed by atoms with Gasteiger partial charge < -0.3 is 10.5 Å². The van der Waals surface area contributed by atoms with Gasteiger partial charge in [-0.3, -0.25) is 0 Å². The van der Waals surface area contributed by atoms with Crippen molar-refractivity contribution in [2.45, 2.75) is 13.5 Å². The molecule has 3 nitrogen and oxygen atoms in total. The Bertz CT molecular complexity index is 396. The lowest BCUT2D eigenvalue weighted by atomic mass is 10.2. The number of hydrogen-bond acceptors (Lipinski definition) is 2. The van der Waals surface area contributed by atoms with Gasteiger partial charge in [-0.1, -0.05) is 6.07 Å². The Labute approximate surface area is 96.9 Å². The van der Waals surface area contributed by atoms with Crippen LogP contribution in [0, 0.1) is 6.92 Å². The minimum Gasteiger partial charge on any atom is -0.433 e. The number of amidine groups is 1. The monoisotopic (exact) mass is 248 g/mol. The third-order valence-electron chi connectivity index (χ3n) is 1.73. The van der Waals surface area contributed by atoms with Crippen molar-refractivity contribution >= 4 is 23.1 Å². The maximum atomic E-state index is 12.1. The Morgan fingerprint density at radius 1 is 1.56 bits per heavy atom. The molecule has 0 amide bonds. The first kappa shape index (κ1) is 12.7. The van der Waals surface area contributed by atoms with Gasteiger partial charge in [-0.05, 0) is 24.6 Å². The van der Waals surface area contributed by atoms with Crippen LogP contribution in [-0.4, -0.2) is 18.3 Å². The normalized spacial score (nSPS) is 11.9. The highest BCUT2D eigenvalue weighted by atomic mass is 35.5. The van der Waals surface area contributed by atoms with Crippen LogP contribution in [0.2, 0.25) is 0 Å². The molecule has 0 radical (unpaired) electrons. The average molecular weight is 249 g/mol. The molecule has 1 rings (SSSR count). The largest absolute Gasteiger partial charge is 0.433 e. The van der Waals surface area contributed by atoms with E-state index in [4.69, 9.17) is 17.3 Å². The molecule has 1 aromatic carbocycles. The molecule has 0 fully saturated rings. The summed E-state index contributed by atoms with van der Waals surface area (Å²) in [7, 11) is 0. The smallest absolute Gasteiger partial charge is 0.387 e. The van der Waals surface area contributed by atoms with Crippen molar-refractivity contribution in [3.63, 3.8) is 0 Å². The molecular formula is C10H11ClF2N2O. The van der Waals surface area contributed by atoms with Crippen LogP contribution in [0.25, 0.3) is 0 Å². The molecule has 0 saturated heterocycles. The Balaban J connectivity index is 3.07. The lowest BCUT2D eigenvalue weighted by molar-refractivity contribution is -0.0494. The fourth-order valence-corrected chi connectivity index (χ4v) is 1.15. The van der Waals surface area contributed by atoms with Gasteiger partial charge in [0.1, 0.15) is 11.5 Å². The van der Waals surface area contributed by atoms with E-state index >= 15 is 0 Å². The van der Waals surface area contributed by atoms with E-state index in [1.54, 1.807) is 19.1 Å². The van der Waals surface area contributed by atoms with Gasteiger partial charge in [0.15, 0.2) is 5.75 Å². The van der Waals surface area contributed by atoms with Crippen LogP contribution >= 0.6 is 11.6 Å². The van der Waals surface area contributed by atoms with Gasteiger partial charge in [0.2, 0.25) is 0 Å². The maximum absolute atomic E-state index is 12.1. The molecule has 0 spiro atoms. The van der Waals surface area contributed by atoms with E-state index in [0.717, 1.165) is 5.56 Å². The van der Waals surface area contributed by atoms with Crippen LogP contribution in [0.4, 0.5) is 14.5 Å². The number of hydrogen-bond donors (Lipinski definition) is 1. The molecule has 0 aliphatic heterocycles. The lowest BCUT2D eigenvalue weighted by Gasteiger charge is -2.08. The number of alkyl halides is 3. The molecule has 0 unspecified atom stereocenters. The van der Waals surface area contributed by atoms with Crippen LogP contribution in [0.3, 0.4) is 0 Å². The molecule has 1 aromatic rings. The number of aryl methyl sites for hydroxylation is 1. The lowest BCUT2D eigenvalue weighted by Crippen LogP contribution is -2.12. The second-order valence-electron chi connectivity index (χ2n) is 3.09. The molecule has 0 aliphatic rings. The van der Waals surface area contributed by atoms with E-state index in [1.807, 2.05) is 0 Å². The van der Waals surface area contributed by atoms with E-state index in [1.165, 1.54) is 6.07 Å². The van der Waals surface area contributed by atoms with Crippen molar-refractivity contribution in [3.8, 4) is 5.75 Å². The summed E-state index contributed by atoms with van der Waals surface area (Å²) in [6.45, 7) is -1.13. The Kier molecular flexibility index (Phi) is 4.49. The highest BCUT2D eigenvalue weighted by Gasteiger charge is 2.09. The van der Waals surface area contributed by atoms with Gasteiger partial charge in [0.25, 0.3) is 0 Å². The Morgan fingerprint density at radius 3 is 2.81 bits per heavy atom. The minimum atomic E-state index is -2.90. The van der Waals surface area contributed by atoms with Crippen LogP contribution in [0.1, 0.15) is 5.56 Å². The highest BCUT2D eigenvalue weighted by molar-refractivity contribution is 6.28. The number of nitrogens with two attached hydrogens (primary N) is 1. The van der Waals surface area contributed by atoms with E-state index in [2.05, 4.69) is 9.73 Å². The molecule has 0 bridgehead atoms. The topological polar surface area (TPSA) is 47.6 Å². The molecule has 0 aliphatic carbocycles.